The lowest BCUT2D eigenvalue weighted by atomic mass is 10.1. The Bertz CT molecular complexity index is 1070. The van der Waals surface area contributed by atoms with Crippen LogP contribution in [0.15, 0.2) is 78.9 Å². The molecule has 0 aromatic heterocycles. The second-order valence-corrected chi connectivity index (χ2v) is 7.83. The average molecular weight is 431 g/mol. The molecule has 3 aromatic rings. The van der Waals surface area contributed by atoms with Crippen LogP contribution in [0.25, 0.3) is 0 Å². The van der Waals surface area contributed by atoms with E-state index < -0.39 is 6.10 Å². The number of hydrogen-bond acceptors (Lipinski definition) is 4. The molecule has 0 unspecified atom stereocenters. The first-order valence-corrected chi connectivity index (χ1v) is 10.7. The maximum atomic E-state index is 12.5. The second-order valence-electron chi connectivity index (χ2n) is 7.83. The van der Waals surface area contributed by atoms with Gasteiger partial charge >= 0.3 is 0 Å². The lowest BCUT2D eigenvalue weighted by Crippen LogP contribution is -2.40. The lowest BCUT2D eigenvalue weighted by molar-refractivity contribution is -0.125. The van der Waals surface area contributed by atoms with E-state index in [1.165, 1.54) is 5.56 Å². The number of carbonyl (C=O) groups is 2. The molecular weight excluding hydrogens is 404 g/mol. The molecule has 3 aromatic carbocycles. The van der Waals surface area contributed by atoms with Gasteiger partial charge in [0.05, 0.1) is 0 Å². The van der Waals surface area contributed by atoms with E-state index in [1.54, 1.807) is 36.4 Å². The van der Waals surface area contributed by atoms with Crippen molar-refractivity contribution in [3.05, 3.63) is 90.0 Å². The minimum absolute atomic E-state index is 0.0495. The summed E-state index contributed by atoms with van der Waals surface area (Å²) in [4.78, 5) is 25.1. The first-order chi connectivity index (χ1) is 15.6. The van der Waals surface area contributed by atoms with Gasteiger partial charge in [0.2, 0.25) is 6.10 Å². The summed E-state index contributed by atoms with van der Waals surface area (Å²) in [6, 6.07) is 24.3. The number of nitrogens with one attached hydrogen (secondary N) is 2. The third kappa shape index (κ3) is 5.46. The Hall–Kier alpha value is -3.80. The highest BCUT2D eigenvalue weighted by molar-refractivity contribution is 5.97. The first kappa shape index (κ1) is 21.4. The minimum Gasteiger partial charge on any atom is -0.485 e. The van der Waals surface area contributed by atoms with Crippen molar-refractivity contribution < 1.29 is 19.1 Å². The van der Waals surface area contributed by atoms with Crippen molar-refractivity contribution in [2.45, 2.75) is 31.9 Å². The quantitative estimate of drug-likeness (QED) is 0.589. The van der Waals surface area contributed by atoms with Crippen LogP contribution in [0.2, 0.25) is 0 Å². The molecule has 1 aliphatic heterocycles. The topological polar surface area (TPSA) is 76.7 Å². The number of benzene rings is 3. The third-order valence-electron chi connectivity index (χ3n) is 5.30. The smallest absolute Gasteiger partial charge is 0.269 e. The predicted octanol–water partition coefficient (Wildman–Crippen LogP) is 4.22. The third-order valence-corrected chi connectivity index (χ3v) is 5.30. The van der Waals surface area contributed by atoms with Crippen LogP contribution >= 0.6 is 0 Å². The van der Waals surface area contributed by atoms with Gasteiger partial charge in [-0.15, -0.1) is 0 Å². The summed E-state index contributed by atoms with van der Waals surface area (Å²) in [5, 5.41) is 5.84. The van der Waals surface area contributed by atoms with Gasteiger partial charge in [-0.2, -0.15) is 0 Å². The van der Waals surface area contributed by atoms with Gasteiger partial charge in [0.1, 0.15) is 6.61 Å². The highest BCUT2D eigenvalue weighted by Gasteiger charge is 2.27. The monoisotopic (exact) mass is 430 g/mol. The molecule has 0 bridgehead atoms. The minimum atomic E-state index is -0.738. The molecule has 2 N–H and O–H groups in total. The summed E-state index contributed by atoms with van der Waals surface area (Å²) in [6.07, 6.45) is 1.03. The summed E-state index contributed by atoms with van der Waals surface area (Å²) in [5.74, 6) is 0.743. The highest BCUT2D eigenvalue weighted by Crippen LogP contribution is 2.31. The van der Waals surface area contributed by atoms with Gasteiger partial charge in [-0.05, 0) is 61.7 Å². The molecular formula is C26H26N2O4. The van der Waals surface area contributed by atoms with E-state index in [0.717, 1.165) is 12.8 Å². The van der Waals surface area contributed by atoms with Gasteiger partial charge in [-0.25, -0.2) is 0 Å². The van der Waals surface area contributed by atoms with Gasteiger partial charge in [0.15, 0.2) is 11.5 Å². The molecule has 0 aliphatic carbocycles. The van der Waals surface area contributed by atoms with E-state index in [9.17, 15) is 9.59 Å². The van der Waals surface area contributed by atoms with Crippen LogP contribution in [0.5, 0.6) is 11.5 Å². The molecule has 0 radical (unpaired) electrons. The predicted molar refractivity (Wildman–Crippen MR) is 123 cm³/mol. The van der Waals surface area contributed by atoms with Crippen molar-refractivity contribution in [1.29, 1.82) is 0 Å². The molecule has 0 fully saturated rings. The number of rotatable bonds is 7. The number of para-hydroxylation sites is 2. The van der Waals surface area contributed by atoms with E-state index in [0.29, 0.717) is 22.7 Å². The SMILES string of the molecule is C[C@@H](CCc1ccccc1)NC(=O)c1ccc(NC(=O)[C@H]2COc3ccccc3O2)cc1. The molecule has 2 amide bonds. The Morgan fingerprint density at radius 1 is 0.938 bits per heavy atom. The van der Waals surface area contributed by atoms with Crippen LogP contribution in [0.1, 0.15) is 29.3 Å². The number of hydrogen-bond donors (Lipinski definition) is 2. The molecule has 4 rings (SSSR count). The summed E-state index contributed by atoms with van der Waals surface area (Å²) in [5.41, 5.74) is 2.39. The maximum Gasteiger partial charge on any atom is 0.269 e. The van der Waals surface area contributed by atoms with E-state index in [-0.39, 0.29) is 24.5 Å². The molecule has 2 atom stereocenters. The first-order valence-electron chi connectivity index (χ1n) is 10.7. The number of ether oxygens (including phenoxy) is 2. The van der Waals surface area contributed by atoms with Gasteiger partial charge < -0.3 is 20.1 Å². The molecule has 6 heteroatoms. The zero-order chi connectivity index (χ0) is 22.3. The Labute approximate surface area is 187 Å². The molecule has 164 valence electrons. The highest BCUT2D eigenvalue weighted by atomic mass is 16.6. The molecule has 0 saturated carbocycles. The summed E-state index contributed by atoms with van der Waals surface area (Å²) in [7, 11) is 0. The van der Waals surface area contributed by atoms with Crippen LogP contribution < -0.4 is 20.1 Å². The van der Waals surface area contributed by atoms with Crippen molar-refractivity contribution in [3.63, 3.8) is 0 Å². The van der Waals surface area contributed by atoms with Gasteiger partial charge in [-0.3, -0.25) is 9.59 Å². The fourth-order valence-corrected chi connectivity index (χ4v) is 3.48. The van der Waals surface area contributed by atoms with Crippen molar-refractivity contribution in [2.24, 2.45) is 0 Å². The standard InChI is InChI=1S/C26H26N2O4/c1-18(11-12-19-7-3-2-4-8-19)27-25(29)20-13-15-21(16-14-20)28-26(30)24-17-31-22-9-5-6-10-23(22)32-24/h2-10,13-16,18,24H,11-12,17H2,1H3,(H,27,29)(H,28,30)/t18-,24+/m0/s1. The Balaban J connectivity index is 1.27. The number of fused-ring (bicyclic) bond motifs is 1. The van der Waals surface area contributed by atoms with E-state index in [4.69, 9.17) is 9.47 Å². The van der Waals surface area contributed by atoms with Gasteiger partial charge in [-0.1, -0.05) is 42.5 Å². The molecule has 0 spiro atoms. The molecule has 1 heterocycles. The van der Waals surface area contributed by atoms with Crippen LogP contribution in [-0.4, -0.2) is 30.6 Å². The van der Waals surface area contributed by atoms with E-state index in [1.807, 2.05) is 37.3 Å². The van der Waals surface area contributed by atoms with Crippen molar-refractivity contribution >= 4 is 17.5 Å². The summed E-state index contributed by atoms with van der Waals surface area (Å²) >= 11 is 0. The van der Waals surface area contributed by atoms with Crippen LogP contribution in [0.4, 0.5) is 5.69 Å². The molecule has 1 aliphatic rings. The number of aryl methyl sites for hydroxylation is 1. The normalized spacial score (nSPS) is 15.5. The average Bonchev–Trinajstić information content (AvgIpc) is 2.83. The zero-order valence-electron chi connectivity index (χ0n) is 17.9. The molecule has 0 saturated heterocycles. The lowest BCUT2D eigenvalue weighted by Gasteiger charge is -2.25. The van der Waals surface area contributed by atoms with Gasteiger partial charge in [0, 0.05) is 17.3 Å². The molecule has 32 heavy (non-hydrogen) atoms. The fraction of sp³-hybridized carbons (Fsp3) is 0.231. The van der Waals surface area contributed by atoms with Crippen LogP contribution in [-0.2, 0) is 11.2 Å². The summed E-state index contributed by atoms with van der Waals surface area (Å²) in [6.45, 7) is 2.14. The van der Waals surface area contributed by atoms with Crippen molar-refractivity contribution in [1.82, 2.24) is 5.32 Å². The van der Waals surface area contributed by atoms with E-state index >= 15 is 0 Å². The zero-order valence-corrected chi connectivity index (χ0v) is 17.9. The summed E-state index contributed by atoms with van der Waals surface area (Å²) < 4.78 is 11.3. The fourth-order valence-electron chi connectivity index (χ4n) is 3.48. The Morgan fingerprint density at radius 2 is 1.62 bits per heavy atom. The molecule has 6 nitrogen and oxygen atoms in total. The Kier molecular flexibility index (Phi) is 6.70. The number of anilines is 1. The van der Waals surface area contributed by atoms with Crippen molar-refractivity contribution in [3.8, 4) is 11.5 Å². The van der Waals surface area contributed by atoms with Gasteiger partial charge in [0.25, 0.3) is 11.8 Å². The number of amides is 2. The second kappa shape index (κ2) is 10.0. The number of carbonyl (C=O) groups excluding carboxylic acids is 2. The largest absolute Gasteiger partial charge is 0.485 e. The Morgan fingerprint density at radius 3 is 2.38 bits per heavy atom. The van der Waals surface area contributed by atoms with Crippen LogP contribution in [0.3, 0.4) is 0 Å². The van der Waals surface area contributed by atoms with E-state index in [2.05, 4.69) is 22.8 Å². The van der Waals surface area contributed by atoms with Crippen molar-refractivity contribution in [2.75, 3.05) is 11.9 Å². The van der Waals surface area contributed by atoms with Crippen LogP contribution in [0, 0.1) is 0 Å². The maximum absolute atomic E-state index is 12.5.